The van der Waals surface area contributed by atoms with E-state index in [4.69, 9.17) is 0 Å². The highest BCUT2D eigenvalue weighted by atomic mass is 32.1. The van der Waals surface area contributed by atoms with Crippen molar-refractivity contribution in [1.82, 2.24) is 0 Å². The zero-order chi connectivity index (χ0) is 9.84. The molecular weight excluding hydrogens is 184 g/mol. The van der Waals surface area contributed by atoms with E-state index in [0.29, 0.717) is 0 Å². The first-order valence-electron chi connectivity index (χ1n) is 4.18. The topological polar surface area (TPSA) is 40.5 Å². The SMILES string of the molecule is Cc1ccc(C(O)C(O)CS)cc1. The van der Waals surface area contributed by atoms with Crippen LogP contribution < -0.4 is 0 Å². The van der Waals surface area contributed by atoms with Crippen molar-refractivity contribution in [1.29, 1.82) is 0 Å². The van der Waals surface area contributed by atoms with E-state index in [1.807, 2.05) is 31.2 Å². The maximum Gasteiger partial charge on any atom is 0.106 e. The molecule has 3 heteroatoms. The molecule has 0 aromatic heterocycles. The summed E-state index contributed by atoms with van der Waals surface area (Å²) < 4.78 is 0. The van der Waals surface area contributed by atoms with E-state index in [0.717, 1.165) is 11.1 Å². The van der Waals surface area contributed by atoms with Gasteiger partial charge in [0.05, 0.1) is 6.10 Å². The summed E-state index contributed by atoms with van der Waals surface area (Å²) in [4.78, 5) is 0. The summed E-state index contributed by atoms with van der Waals surface area (Å²) in [7, 11) is 0. The van der Waals surface area contributed by atoms with Gasteiger partial charge in [0.1, 0.15) is 6.10 Å². The van der Waals surface area contributed by atoms with Crippen LogP contribution >= 0.6 is 12.6 Å². The number of hydrogen-bond acceptors (Lipinski definition) is 3. The van der Waals surface area contributed by atoms with Gasteiger partial charge in [-0.05, 0) is 12.5 Å². The van der Waals surface area contributed by atoms with Gasteiger partial charge in [0.2, 0.25) is 0 Å². The average molecular weight is 198 g/mol. The number of aliphatic hydroxyl groups is 2. The Morgan fingerprint density at radius 1 is 1.23 bits per heavy atom. The smallest absolute Gasteiger partial charge is 0.106 e. The summed E-state index contributed by atoms with van der Waals surface area (Å²) in [5.41, 5.74) is 1.86. The van der Waals surface area contributed by atoms with Gasteiger partial charge in [0, 0.05) is 5.75 Å². The molecule has 0 bridgehead atoms. The summed E-state index contributed by atoms with van der Waals surface area (Å²) in [5.74, 6) is 0.259. The maximum absolute atomic E-state index is 9.58. The molecular formula is C10H14O2S. The van der Waals surface area contributed by atoms with E-state index < -0.39 is 12.2 Å². The second-order valence-electron chi connectivity index (χ2n) is 3.11. The molecule has 13 heavy (non-hydrogen) atoms. The highest BCUT2D eigenvalue weighted by molar-refractivity contribution is 7.80. The molecule has 72 valence electrons. The van der Waals surface area contributed by atoms with Crippen LogP contribution in [0.25, 0.3) is 0 Å². The summed E-state index contributed by atoms with van der Waals surface area (Å²) in [6.45, 7) is 1.98. The van der Waals surface area contributed by atoms with Gasteiger partial charge in [-0.15, -0.1) is 0 Å². The van der Waals surface area contributed by atoms with Gasteiger partial charge in [0.15, 0.2) is 0 Å². The molecule has 0 aliphatic carbocycles. The molecule has 0 heterocycles. The molecule has 0 radical (unpaired) electrons. The summed E-state index contributed by atoms with van der Waals surface area (Å²) in [6, 6.07) is 7.44. The van der Waals surface area contributed by atoms with Crippen LogP contribution in [0.15, 0.2) is 24.3 Å². The number of aliphatic hydroxyl groups excluding tert-OH is 2. The minimum absolute atomic E-state index is 0.259. The third-order valence-electron chi connectivity index (χ3n) is 1.97. The Morgan fingerprint density at radius 3 is 2.23 bits per heavy atom. The first kappa shape index (κ1) is 10.6. The first-order valence-corrected chi connectivity index (χ1v) is 4.82. The fourth-order valence-corrected chi connectivity index (χ4v) is 1.29. The molecule has 1 aromatic carbocycles. The van der Waals surface area contributed by atoms with Crippen molar-refractivity contribution >= 4 is 12.6 Å². The van der Waals surface area contributed by atoms with Crippen LogP contribution in [-0.2, 0) is 0 Å². The number of rotatable bonds is 3. The van der Waals surface area contributed by atoms with Crippen LogP contribution in [0.5, 0.6) is 0 Å². The van der Waals surface area contributed by atoms with Crippen LogP contribution in [-0.4, -0.2) is 22.1 Å². The van der Waals surface area contributed by atoms with Crippen LogP contribution in [0.4, 0.5) is 0 Å². The van der Waals surface area contributed by atoms with Crippen LogP contribution in [0, 0.1) is 6.92 Å². The van der Waals surface area contributed by atoms with E-state index in [2.05, 4.69) is 12.6 Å². The fraction of sp³-hybridized carbons (Fsp3) is 0.400. The van der Waals surface area contributed by atoms with Crippen molar-refractivity contribution in [2.75, 3.05) is 5.75 Å². The Morgan fingerprint density at radius 2 is 1.77 bits per heavy atom. The Kier molecular flexibility index (Phi) is 3.78. The zero-order valence-electron chi connectivity index (χ0n) is 7.51. The lowest BCUT2D eigenvalue weighted by atomic mass is 10.0. The predicted octanol–water partition coefficient (Wildman–Crippen LogP) is 1.32. The third-order valence-corrected chi connectivity index (χ3v) is 2.34. The number of hydrogen-bond donors (Lipinski definition) is 3. The number of thiol groups is 1. The molecule has 1 rings (SSSR count). The summed E-state index contributed by atoms with van der Waals surface area (Å²) >= 11 is 3.92. The molecule has 2 unspecified atom stereocenters. The molecule has 0 amide bonds. The Hall–Kier alpha value is -0.510. The predicted molar refractivity (Wildman–Crippen MR) is 56.0 cm³/mol. The molecule has 0 fully saturated rings. The maximum atomic E-state index is 9.58. The first-order chi connectivity index (χ1) is 6.15. The van der Waals surface area contributed by atoms with Gasteiger partial charge in [-0.2, -0.15) is 12.6 Å². The quantitative estimate of drug-likeness (QED) is 0.641. The lowest BCUT2D eigenvalue weighted by Crippen LogP contribution is -2.19. The normalized spacial score (nSPS) is 15.4. The van der Waals surface area contributed by atoms with Crippen molar-refractivity contribution in [3.05, 3.63) is 35.4 Å². The summed E-state index contributed by atoms with van der Waals surface area (Å²) in [5, 5.41) is 18.9. The second-order valence-corrected chi connectivity index (χ2v) is 3.47. The van der Waals surface area contributed by atoms with E-state index in [-0.39, 0.29) is 5.75 Å². The van der Waals surface area contributed by atoms with Gasteiger partial charge in [-0.3, -0.25) is 0 Å². The Bertz CT molecular complexity index is 258. The average Bonchev–Trinajstić information content (AvgIpc) is 2.17. The van der Waals surface area contributed by atoms with Crippen molar-refractivity contribution in [3.63, 3.8) is 0 Å². The Labute approximate surface area is 83.6 Å². The largest absolute Gasteiger partial charge is 0.389 e. The number of aryl methyl sites for hydroxylation is 1. The molecule has 0 spiro atoms. The highest BCUT2D eigenvalue weighted by Gasteiger charge is 2.15. The summed E-state index contributed by atoms with van der Waals surface area (Å²) in [6.07, 6.45) is -1.64. The molecule has 2 atom stereocenters. The molecule has 2 N–H and O–H groups in total. The van der Waals surface area contributed by atoms with Crippen LogP contribution in [0.2, 0.25) is 0 Å². The minimum atomic E-state index is -0.835. The second kappa shape index (κ2) is 4.65. The van der Waals surface area contributed by atoms with E-state index in [1.165, 1.54) is 0 Å². The van der Waals surface area contributed by atoms with E-state index in [1.54, 1.807) is 0 Å². The van der Waals surface area contributed by atoms with Crippen LogP contribution in [0.1, 0.15) is 17.2 Å². The van der Waals surface area contributed by atoms with Crippen molar-refractivity contribution < 1.29 is 10.2 Å². The van der Waals surface area contributed by atoms with E-state index in [9.17, 15) is 10.2 Å². The monoisotopic (exact) mass is 198 g/mol. The minimum Gasteiger partial charge on any atom is -0.389 e. The molecule has 0 saturated heterocycles. The Balaban J connectivity index is 2.77. The van der Waals surface area contributed by atoms with Gasteiger partial charge < -0.3 is 10.2 Å². The molecule has 0 aliphatic rings. The molecule has 0 aliphatic heterocycles. The van der Waals surface area contributed by atoms with Gasteiger partial charge in [-0.25, -0.2) is 0 Å². The van der Waals surface area contributed by atoms with Crippen molar-refractivity contribution in [3.8, 4) is 0 Å². The fourth-order valence-electron chi connectivity index (χ4n) is 1.09. The molecule has 2 nitrogen and oxygen atoms in total. The molecule has 0 saturated carbocycles. The molecule has 1 aromatic rings. The van der Waals surface area contributed by atoms with Crippen molar-refractivity contribution in [2.24, 2.45) is 0 Å². The zero-order valence-corrected chi connectivity index (χ0v) is 8.41. The lowest BCUT2D eigenvalue weighted by Gasteiger charge is -2.15. The van der Waals surface area contributed by atoms with Crippen molar-refractivity contribution in [2.45, 2.75) is 19.1 Å². The third kappa shape index (κ3) is 2.72. The van der Waals surface area contributed by atoms with Gasteiger partial charge in [-0.1, -0.05) is 29.8 Å². The van der Waals surface area contributed by atoms with Gasteiger partial charge in [0.25, 0.3) is 0 Å². The standard InChI is InChI=1S/C10H14O2S/c1-7-2-4-8(5-3-7)10(12)9(11)6-13/h2-5,9-13H,6H2,1H3. The van der Waals surface area contributed by atoms with Crippen LogP contribution in [0.3, 0.4) is 0 Å². The van der Waals surface area contributed by atoms with Gasteiger partial charge >= 0.3 is 0 Å². The highest BCUT2D eigenvalue weighted by Crippen LogP contribution is 2.17. The number of benzene rings is 1. The lowest BCUT2D eigenvalue weighted by molar-refractivity contribution is 0.0337. The van der Waals surface area contributed by atoms with E-state index >= 15 is 0 Å².